The molecule has 2 atom stereocenters. The number of nitrogen functional groups attached to an aromatic ring is 1. The van der Waals surface area contributed by atoms with Crippen LogP contribution in [0, 0.1) is 12.7 Å². The Balaban J connectivity index is 1.58. The van der Waals surface area contributed by atoms with Crippen molar-refractivity contribution in [3.8, 4) is 0 Å². The second-order valence-electron chi connectivity index (χ2n) is 16.6. The number of carbonyl (C=O) groups is 3. The molecule has 0 radical (unpaired) electrons. The highest BCUT2D eigenvalue weighted by atomic mass is 32.2. The fraction of sp³-hybridized carbons (Fsp3) is 0.429. The molecule has 1 aliphatic carbocycles. The third-order valence-electron chi connectivity index (χ3n) is 9.31. The van der Waals surface area contributed by atoms with Gasteiger partial charge in [-0.3, -0.25) is 4.79 Å². The number of anilines is 3. The number of sulfone groups is 1. The number of imide groups is 1. The predicted octanol–water partition coefficient (Wildman–Crippen LogP) is 7.78. The molecule has 1 fully saturated rings. The van der Waals surface area contributed by atoms with Crippen LogP contribution in [0.25, 0.3) is 10.8 Å². The lowest BCUT2D eigenvalue weighted by molar-refractivity contribution is -0.131. The molecule has 0 spiro atoms. The number of aromatic nitrogens is 1. The Hall–Kier alpha value is -5.28. The lowest BCUT2D eigenvalue weighted by Gasteiger charge is -2.29. The zero-order chi connectivity index (χ0) is 42.2. The SMILES string of the molecule is Cc1cc(C(Nc2cc3ccnc(N(C(=O)OC(C)(C)C)C(=O)OC(C)(C)C)c3cc2F)C(=O)N(C)Cc2cc(N)ccc2S(=O)(=O)C2CC2)ccc1[C@@H](C)CO. The molecule has 306 valence electrons. The van der Waals surface area contributed by atoms with Crippen LogP contribution >= 0.6 is 0 Å². The monoisotopic (exact) mass is 805 g/mol. The van der Waals surface area contributed by atoms with Crippen LogP contribution in [0.5, 0.6) is 0 Å². The van der Waals surface area contributed by atoms with Crippen LogP contribution < -0.4 is 16.0 Å². The predicted molar refractivity (Wildman–Crippen MR) is 217 cm³/mol. The smallest absolute Gasteiger partial charge is 0.425 e. The maximum Gasteiger partial charge on any atom is 0.425 e. The van der Waals surface area contributed by atoms with Gasteiger partial charge < -0.3 is 30.5 Å². The number of benzene rings is 3. The fourth-order valence-electron chi connectivity index (χ4n) is 6.42. The molecule has 4 N–H and O–H groups in total. The van der Waals surface area contributed by atoms with Gasteiger partial charge in [-0.15, -0.1) is 0 Å². The number of fused-ring (bicyclic) bond motifs is 1. The highest BCUT2D eigenvalue weighted by molar-refractivity contribution is 7.92. The number of nitrogens with zero attached hydrogens (tertiary/aromatic N) is 3. The molecule has 1 heterocycles. The number of amides is 3. The molecule has 13 nitrogen and oxygen atoms in total. The highest BCUT2D eigenvalue weighted by Gasteiger charge is 2.39. The molecule has 5 rings (SSSR count). The minimum atomic E-state index is -3.64. The molecule has 0 saturated heterocycles. The Morgan fingerprint density at radius 2 is 1.61 bits per heavy atom. The summed E-state index contributed by atoms with van der Waals surface area (Å²) in [5, 5.41) is 12.9. The molecule has 15 heteroatoms. The van der Waals surface area contributed by atoms with Gasteiger partial charge in [0.15, 0.2) is 15.7 Å². The number of nitrogens with one attached hydrogen (secondary N) is 1. The summed E-state index contributed by atoms with van der Waals surface area (Å²) in [6, 6.07) is 12.8. The van der Waals surface area contributed by atoms with Gasteiger partial charge >= 0.3 is 12.2 Å². The van der Waals surface area contributed by atoms with Crippen LogP contribution in [0.4, 0.5) is 31.2 Å². The van der Waals surface area contributed by atoms with E-state index in [1.807, 2.05) is 19.9 Å². The van der Waals surface area contributed by atoms with Gasteiger partial charge in [-0.1, -0.05) is 25.1 Å². The summed E-state index contributed by atoms with van der Waals surface area (Å²) in [5.74, 6) is -1.75. The lowest BCUT2D eigenvalue weighted by atomic mass is 9.93. The molecule has 1 saturated carbocycles. The fourth-order valence-corrected chi connectivity index (χ4v) is 8.28. The Labute approximate surface area is 333 Å². The summed E-state index contributed by atoms with van der Waals surface area (Å²) in [7, 11) is -2.11. The first-order valence-corrected chi connectivity index (χ1v) is 20.2. The number of pyridine rings is 1. The van der Waals surface area contributed by atoms with Crippen molar-refractivity contribution >= 4 is 55.9 Å². The van der Waals surface area contributed by atoms with Gasteiger partial charge in [-0.2, -0.15) is 4.90 Å². The first-order chi connectivity index (χ1) is 26.5. The van der Waals surface area contributed by atoms with E-state index < -0.39 is 56.2 Å². The number of hydrogen-bond acceptors (Lipinski definition) is 11. The number of aliphatic hydroxyl groups excluding tert-OH is 1. The van der Waals surface area contributed by atoms with Crippen LogP contribution in [0.2, 0.25) is 0 Å². The largest absolute Gasteiger partial charge is 0.443 e. The minimum Gasteiger partial charge on any atom is -0.443 e. The molecular formula is C42H52FN5O8S. The number of carbonyl (C=O) groups excluding carboxylic acids is 3. The first kappa shape index (κ1) is 42.9. The van der Waals surface area contributed by atoms with E-state index in [4.69, 9.17) is 15.2 Å². The van der Waals surface area contributed by atoms with Crippen LogP contribution in [-0.2, 0) is 30.7 Å². The molecular weight excluding hydrogens is 754 g/mol. The third-order valence-corrected chi connectivity index (χ3v) is 11.7. The number of hydrogen-bond donors (Lipinski definition) is 3. The second kappa shape index (κ2) is 16.3. The zero-order valence-corrected chi connectivity index (χ0v) is 34.7. The van der Waals surface area contributed by atoms with E-state index in [2.05, 4.69) is 10.3 Å². The second-order valence-corrected chi connectivity index (χ2v) is 18.8. The lowest BCUT2D eigenvalue weighted by Crippen LogP contribution is -2.44. The summed E-state index contributed by atoms with van der Waals surface area (Å²) in [4.78, 5) is 47.8. The number of halogens is 1. The molecule has 3 aromatic carbocycles. The summed E-state index contributed by atoms with van der Waals surface area (Å²) in [5.41, 5.74) is 6.85. The Bertz CT molecular complexity index is 2270. The van der Waals surface area contributed by atoms with Gasteiger partial charge in [-0.25, -0.2) is 27.4 Å². The van der Waals surface area contributed by atoms with Crippen molar-refractivity contribution in [2.24, 2.45) is 0 Å². The number of nitrogens with two attached hydrogens (primary N) is 1. The van der Waals surface area contributed by atoms with Crippen molar-refractivity contribution in [1.29, 1.82) is 0 Å². The molecule has 0 aliphatic heterocycles. The van der Waals surface area contributed by atoms with E-state index in [0.717, 1.165) is 17.2 Å². The molecule has 4 aromatic rings. The van der Waals surface area contributed by atoms with Gasteiger partial charge in [0, 0.05) is 43.4 Å². The van der Waals surface area contributed by atoms with E-state index >= 15 is 4.39 Å². The van der Waals surface area contributed by atoms with E-state index in [-0.39, 0.29) is 40.9 Å². The Morgan fingerprint density at radius 1 is 0.982 bits per heavy atom. The normalized spacial score (nSPS) is 14.4. The van der Waals surface area contributed by atoms with Crippen molar-refractivity contribution in [3.63, 3.8) is 0 Å². The quantitative estimate of drug-likeness (QED) is 0.126. The average molecular weight is 806 g/mol. The highest BCUT2D eigenvalue weighted by Crippen LogP contribution is 2.37. The Morgan fingerprint density at radius 3 is 2.18 bits per heavy atom. The third kappa shape index (κ3) is 10.0. The van der Waals surface area contributed by atoms with Gasteiger partial charge in [0.2, 0.25) is 5.91 Å². The van der Waals surface area contributed by atoms with E-state index in [1.165, 1.54) is 36.3 Å². The van der Waals surface area contributed by atoms with Gasteiger partial charge in [0.1, 0.15) is 23.1 Å². The standard InChI is InChI=1S/C42H52FN5O8S/c1-24-18-27(10-14-31(24)25(2)23-49)36(38(50)47(9)22-28-19-29(44)11-15-35(28)57(53,54)30-12-13-30)46-34-20-26-16-17-45-37(32(26)21-33(34)43)48(39(51)55-41(3,4)5)40(52)56-42(6,7)8/h10-11,14-21,25,30,36,46,49H,12-13,22-23,44H2,1-9H3/t25-,36?/m0/s1. The summed E-state index contributed by atoms with van der Waals surface area (Å²) in [6.07, 6.45) is 0.324. The number of rotatable bonds is 11. The van der Waals surface area contributed by atoms with Crippen LogP contribution in [0.1, 0.15) is 95.5 Å². The maximum atomic E-state index is 16.4. The molecule has 57 heavy (non-hydrogen) atoms. The number of ether oxygens (including phenoxy) is 2. The molecule has 3 amide bonds. The number of likely N-dealkylation sites (N-methyl/N-ethyl adjacent to an activating group) is 1. The summed E-state index contributed by atoms with van der Waals surface area (Å²) >= 11 is 0. The molecule has 1 aromatic heterocycles. The van der Waals surface area contributed by atoms with E-state index in [9.17, 15) is 27.9 Å². The van der Waals surface area contributed by atoms with Crippen molar-refractivity contribution in [2.45, 2.75) is 108 Å². The van der Waals surface area contributed by atoms with Crippen LogP contribution in [-0.4, -0.2) is 71.6 Å². The number of aryl methyl sites for hydroxylation is 1. The average Bonchev–Trinajstić information content (AvgIpc) is 3.96. The zero-order valence-electron chi connectivity index (χ0n) is 33.8. The molecule has 0 bridgehead atoms. The van der Waals surface area contributed by atoms with E-state index in [0.29, 0.717) is 39.9 Å². The van der Waals surface area contributed by atoms with Crippen molar-refractivity contribution < 1.29 is 41.8 Å². The molecule has 1 unspecified atom stereocenters. The van der Waals surface area contributed by atoms with Gasteiger partial charge in [0.25, 0.3) is 0 Å². The maximum absolute atomic E-state index is 16.4. The van der Waals surface area contributed by atoms with Gasteiger partial charge in [0.05, 0.1) is 15.8 Å². The van der Waals surface area contributed by atoms with Crippen molar-refractivity contribution in [3.05, 3.63) is 88.9 Å². The topological polar surface area (TPSA) is 181 Å². The summed E-state index contributed by atoms with van der Waals surface area (Å²) < 4.78 is 54.2. The van der Waals surface area contributed by atoms with Gasteiger partial charge in [-0.05, 0) is 125 Å². The van der Waals surface area contributed by atoms with Crippen molar-refractivity contribution in [2.75, 3.05) is 29.6 Å². The van der Waals surface area contributed by atoms with Crippen LogP contribution in [0.3, 0.4) is 0 Å². The molecule has 1 aliphatic rings. The first-order valence-electron chi connectivity index (χ1n) is 18.7. The Kier molecular flexibility index (Phi) is 12.3. The van der Waals surface area contributed by atoms with Crippen LogP contribution in [0.15, 0.2) is 65.7 Å². The summed E-state index contributed by atoms with van der Waals surface area (Å²) in [6.45, 7) is 13.3. The minimum absolute atomic E-state index is 0.0844. The van der Waals surface area contributed by atoms with Crippen molar-refractivity contribution in [1.82, 2.24) is 9.88 Å². The number of aliphatic hydroxyl groups is 1. The van der Waals surface area contributed by atoms with E-state index in [1.54, 1.807) is 65.8 Å².